The first-order valence-corrected chi connectivity index (χ1v) is 6.27. The van der Waals surface area contributed by atoms with Gasteiger partial charge in [0.05, 0.1) is 5.69 Å². The molecule has 2 aromatic rings. The summed E-state index contributed by atoms with van der Waals surface area (Å²) in [5.41, 5.74) is 9.36. The van der Waals surface area contributed by atoms with Gasteiger partial charge < -0.3 is 5.73 Å². The van der Waals surface area contributed by atoms with E-state index in [-0.39, 0.29) is 5.54 Å². The lowest BCUT2D eigenvalue weighted by atomic mass is 10.2. The van der Waals surface area contributed by atoms with Gasteiger partial charge in [-0.15, -0.1) is 0 Å². The SMILES string of the molecule is CCCc1nn(C)c2c1nc(N)n2C1(C)CC1. The number of imidazole rings is 1. The van der Waals surface area contributed by atoms with Crippen molar-refractivity contribution in [2.24, 2.45) is 7.05 Å². The minimum Gasteiger partial charge on any atom is -0.369 e. The van der Waals surface area contributed by atoms with Gasteiger partial charge in [-0.25, -0.2) is 4.98 Å². The second-order valence-corrected chi connectivity index (χ2v) is 5.29. The number of hydrogen-bond acceptors (Lipinski definition) is 3. The molecule has 17 heavy (non-hydrogen) atoms. The first-order chi connectivity index (χ1) is 8.07. The minimum atomic E-state index is 0.163. The van der Waals surface area contributed by atoms with Gasteiger partial charge in [0.25, 0.3) is 0 Å². The summed E-state index contributed by atoms with van der Waals surface area (Å²) < 4.78 is 4.09. The predicted octanol–water partition coefficient (Wildman–Crippen LogP) is 1.81. The molecule has 0 bridgehead atoms. The van der Waals surface area contributed by atoms with Gasteiger partial charge in [-0.1, -0.05) is 13.3 Å². The van der Waals surface area contributed by atoms with E-state index in [0.717, 1.165) is 29.7 Å². The molecule has 92 valence electrons. The summed E-state index contributed by atoms with van der Waals surface area (Å²) in [6, 6.07) is 0. The van der Waals surface area contributed by atoms with E-state index in [9.17, 15) is 0 Å². The number of aromatic nitrogens is 4. The number of rotatable bonds is 3. The van der Waals surface area contributed by atoms with Crippen LogP contribution in [-0.4, -0.2) is 19.3 Å². The molecule has 0 aliphatic heterocycles. The molecule has 2 aromatic heterocycles. The molecule has 1 saturated carbocycles. The van der Waals surface area contributed by atoms with Gasteiger partial charge in [-0.05, 0) is 26.2 Å². The van der Waals surface area contributed by atoms with Crippen LogP contribution < -0.4 is 5.73 Å². The molecule has 0 amide bonds. The van der Waals surface area contributed by atoms with E-state index in [1.54, 1.807) is 0 Å². The Labute approximate surface area is 101 Å². The average molecular weight is 233 g/mol. The van der Waals surface area contributed by atoms with Crippen LogP contribution in [0.4, 0.5) is 5.95 Å². The first kappa shape index (κ1) is 10.6. The van der Waals surface area contributed by atoms with Crippen LogP contribution in [0.3, 0.4) is 0 Å². The van der Waals surface area contributed by atoms with Crippen molar-refractivity contribution in [3.63, 3.8) is 0 Å². The molecule has 0 saturated heterocycles. The zero-order valence-corrected chi connectivity index (χ0v) is 10.7. The van der Waals surface area contributed by atoms with E-state index in [2.05, 4.69) is 28.5 Å². The van der Waals surface area contributed by atoms with Crippen molar-refractivity contribution in [3.8, 4) is 0 Å². The highest BCUT2D eigenvalue weighted by Gasteiger charge is 2.42. The summed E-state index contributed by atoms with van der Waals surface area (Å²) in [4.78, 5) is 4.52. The molecule has 0 atom stereocenters. The van der Waals surface area contributed by atoms with Gasteiger partial charge in [0.2, 0.25) is 5.95 Å². The quantitative estimate of drug-likeness (QED) is 0.879. The Bertz CT molecular complexity index is 573. The van der Waals surface area contributed by atoms with Gasteiger partial charge in [0.1, 0.15) is 5.52 Å². The summed E-state index contributed by atoms with van der Waals surface area (Å²) in [7, 11) is 1.98. The number of anilines is 1. The summed E-state index contributed by atoms with van der Waals surface area (Å²) in [5, 5.41) is 4.56. The van der Waals surface area contributed by atoms with Crippen LogP contribution in [0.1, 0.15) is 38.8 Å². The Kier molecular flexibility index (Phi) is 2.03. The number of hydrogen-bond donors (Lipinski definition) is 1. The van der Waals surface area contributed by atoms with E-state index in [0.29, 0.717) is 5.95 Å². The monoisotopic (exact) mass is 233 g/mol. The van der Waals surface area contributed by atoms with Crippen molar-refractivity contribution < 1.29 is 0 Å². The zero-order valence-electron chi connectivity index (χ0n) is 10.7. The lowest BCUT2D eigenvalue weighted by Gasteiger charge is -2.13. The van der Waals surface area contributed by atoms with Gasteiger partial charge >= 0.3 is 0 Å². The van der Waals surface area contributed by atoms with E-state index in [1.165, 1.54) is 12.8 Å². The fraction of sp³-hybridized carbons (Fsp3) is 0.667. The number of nitrogen functional groups attached to an aromatic ring is 1. The largest absolute Gasteiger partial charge is 0.369 e. The van der Waals surface area contributed by atoms with E-state index < -0.39 is 0 Å². The van der Waals surface area contributed by atoms with E-state index >= 15 is 0 Å². The third-order valence-electron chi connectivity index (χ3n) is 3.73. The van der Waals surface area contributed by atoms with E-state index in [1.807, 2.05) is 11.7 Å². The van der Waals surface area contributed by atoms with Crippen molar-refractivity contribution in [2.75, 3.05) is 5.73 Å². The maximum Gasteiger partial charge on any atom is 0.203 e. The Hall–Kier alpha value is -1.52. The predicted molar refractivity (Wildman–Crippen MR) is 67.8 cm³/mol. The molecule has 2 heterocycles. The van der Waals surface area contributed by atoms with Gasteiger partial charge in [-0.2, -0.15) is 5.10 Å². The van der Waals surface area contributed by atoms with E-state index in [4.69, 9.17) is 5.73 Å². The smallest absolute Gasteiger partial charge is 0.203 e. The van der Waals surface area contributed by atoms with Crippen LogP contribution in [0, 0.1) is 0 Å². The highest BCUT2D eigenvalue weighted by atomic mass is 15.4. The highest BCUT2D eigenvalue weighted by Crippen LogP contribution is 2.46. The number of nitrogens with zero attached hydrogens (tertiary/aromatic N) is 4. The molecule has 1 aliphatic carbocycles. The lowest BCUT2D eigenvalue weighted by Crippen LogP contribution is -2.17. The normalized spacial score (nSPS) is 17.8. The van der Waals surface area contributed by atoms with Gasteiger partial charge in [0, 0.05) is 12.6 Å². The third-order valence-corrected chi connectivity index (χ3v) is 3.73. The number of nitrogens with two attached hydrogens (primary N) is 1. The second kappa shape index (κ2) is 3.24. The van der Waals surface area contributed by atoms with Crippen LogP contribution in [-0.2, 0) is 19.0 Å². The van der Waals surface area contributed by atoms with Crippen molar-refractivity contribution in [3.05, 3.63) is 5.69 Å². The van der Waals surface area contributed by atoms with Crippen LogP contribution in [0.5, 0.6) is 0 Å². The molecule has 0 unspecified atom stereocenters. The molecule has 5 heteroatoms. The Morgan fingerprint density at radius 3 is 2.71 bits per heavy atom. The molecular formula is C12H19N5. The van der Waals surface area contributed by atoms with Crippen LogP contribution in [0.25, 0.3) is 11.2 Å². The average Bonchev–Trinajstić information content (AvgIpc) is 2.79. The van der Waals surface area contributed by atoms with Crippen molar-refractivity contribution >= 4 is 17.1 Å². The van der Waals surface area contributed by atoms with Crippen LogP contribution in [0.15, 0.2) is 0 Å². The molecule has 1 fully saturated rings. The van der Waals surface area contributed by atoms with Gasteiger partial charge in [-0.3, -0.25) is 9.25 Å². The maximum atomic E-state index is 6.07. The number of fused-ring (bicyclic) bond motifs is 1. The fourth-order valence-electron chi connectivity index (χ4n) is 2.54. The first-order valence-electron chi connectivity index (χ1n) is 6.27. The van der Waals surface area contributed by atoms with Crippen molar-refractivity contribution in [1.29, 1.82) is 0 Å². The third kappa shape index (κ3) is 1.38. The Morgan fingerprint density at radius 1 is 1.41 bits per heavy atom. The summed E-state index contributed by atoms with van der Waals surface area (Å²) in [6.45, 7) is 4.39. The standard InChI is InChI=1S/C12H19N5/c1-4-5-8-9-10(16(3)15-8)17(11(13)14-9)12(2)6-7-12/h4-7H2,1-3H3,(H2,13,14). The molecule has 1 aliphatic rings. The topological polar surface area (TPSA) is 61.7 Å². The Morgan fingerprint density at radius 2 is 2.12 bits per heavy atom. The molecule has 5 nitrogen and oxygen atoms in total. The number of aryl methyl sites for hydroxylation is 2. The molecule has 0 spiro atoms. The van der Waals surface area contributed by atoms with Gasteiger partial charge in [0.15, 0.2) is 5.65 Å². The maximum absolute atomic E-state index is 6.07. The zero-order chi connectivity index (χ0) is 12.2. The van der Waals surface area contributed by atoms with Crippen LogP contribution in [0.2, 0.25) is 0 Å². The summed E-state index contributed by atoms with van der Waals surface area (Å²) in [5.74, 6) is 0.630. The molecule has 0 aromatic carbocycles. The van der Waals surface area contributed by atoms with Crippen molar-refractivity contribution in [2.45, 2.75) is 45.1 Å². The molecule has 3 rings (SSSR count). The second-order valence-electron chi connectivity index (χ2n) is 5.29. The Balaban J connectivity index is 2.26. The lowest BCUT2D eigenvalue weighted by molar-refractivity contribution is 0.540. The fourth-order valence-corrected chi connectivity index (χ4v) is 2.54. The molecule has 2 N–H and O–H groups in total. The van der Waals surface area contributed by atoms with Crippen molar-refractivity contribution in [1.82, 2.24) is 19.3 Å². The summed E-state index contributed by atoms with van der Waals surface area (Å²) >= 11 is 0. The minimum absolute atomic E-state index is 0.163. The molecule has 0 radical (unpaired) electrons. The highest BCUT2D eigenvalue weighted by molar-refractivity contribution is 5.78. The van der Waals surface area contributed by atoms with Crippen LogP contribution >= 0.6 is 0 Å². The molecular weight excluding hydrogens is 214 g/mol. The summed E-state index contributed by atoms with van der Waals surface area (Å²) in [6.07, 6.45) is 4.40.